The highest BCUT2D eigenvalue weighted by molar-refractivity contribution is 5.78. The highest BCUT2D eigenvalue weighted by Crippen LogP contribution is 2.23. The minimum Gasteiger partial charge on any atom is -0.382 e. The zero-order valence-electron chi connectivity index (χ0n) is 8.94. The number of hydrogen-bond donors (Lipinski definition) is 2. The van der Waals surface area contributed by atoms with Crippen molar-refractivity contribution in [3.8, 4) is 0 Å². The molecule has 0 aromatic heterocycles. The summed E-state index contributed by atoms with van der Waals surface area (Å²) >= 11 is 0. The van der Waals surface area contributed by atoms with Crippen LogP contribution < -0.4 is 5.73 Å². The van der Waals surface area contributed by atoms with Gasteiger partial charge in [0.25, 0.3) is 0 Å². The summed E-state index contributed by atoms with van der Waals surface area (Å²) in [6.07, 6.45) is 1.28. The van der Waals surface area contributed by atoms with E-state index in [1.165, 1.54) is 0 Å². The molecule has 0 bridgehead atoms. The van der Waals surface area contributed by atoms with E-state index in [-0.39, 0.29) is 0 Å². The third kappa shape index (κ3) is 2.69. The molecule has 2 atom stereocenters. The lowest BCUT2D eigenvalue weighted by Crippen LogP contribution is -2.43. The van der Waals surface area contributed by atoms with E-state index >= 15 is 0 Å². The zero-order valence-corrected chi connectivity index (χ0v) is 8.94. The number of hydrogen-bond acceptors (Lipinski definition) is 3. The fourth-order valence-electron chi connectivity index (χ4n) is 2.15. The van der Waals surface area contributed by atoms with Crippen molar-refractivity contribution in [2.75, 3.05) is 13.1 Å². The van der Waals surface area contributed by atoms with Gasteiger partial charge in [0.05, 0.1) is 0 Å². The molecule has 1 rings (SSSR count). The van der Waals surface area contributed by atoms with E-state index in [9.17, 15) is 9.90 Å². The fraction of sp³-hybridized carbons (Fsp3) is 0.900. The Labute approximate surface area is 85.1 Å². The maximum Gasteiger partial charge on any atom is 0.247 e. The van der Waals surface area contributed by atoms with Gasteiger partial charge in [0.1, 0.15) is 6.10 Å². The van der Waals surface area contributed by atoms with E-state index < -0.39 is 12.0 Å². The van der Waals surface area contributed by atoms with Gasteiger partial charge >= 0.3 is 0 Å². The number of aliphatic hydroxyl groups excluding tert-OH is 1. The second-order valence-electron chi connectivity index (χ2n) is 4.37. The number of nitrogens with two attached hydrogens (primary N) is 1. The summed E-state index contributed by atoms with van der Waals surface area (Å²) in [4.78, 5) is 12.9. The highest BCUT2D eigenvalue weighted by atomic mass is 16.3. The molecule has 0 aromatic carbocycles. The van der Waals surface area contributed by atoms with Crippen LogP contribution in [0.25, 0.3) is 0 Å². The van der Waals surface area contributed by atoms with Gasteiger partial charge in [-0.25, -0.2) is 0 Å². The first-order valence-corrected chi connectivity index (χ1v) is 5.23. The minimum atomic E-state index is -1.02. The quantitative estimate of drug-likeness (QED) is 0.669. The molecule has 0 aromatic rings. The van der Waals surface area contributed by atoms with Gasteiger partial charge in [-0.15, -0.1) is 0 Å². The third-order valence-electron chi connectivity index (χ3n) is 2.92. The number of amides is 1. The standard InChI is InChI=1S/C10H20N2O2/c1-7(2)8-4-3-5-12(8)6-9(13)10(11)14/h7-9,13H,3-6H2,1-2H3,(H2,11,14)/t8?,9-/m1/s1. The average molecular weight is 200 g/mol. The molecular formula is C10H20N2O2. The molecule has 3 N–H and O–H groups in total. The molecule has 0 radical (unpaired) electrons. The Bertz CT molecular complexity index is 206. The number of carbonyl (C=O) groups excluding carboxylic acids is 1. The number of aliphatic hydroxyl groups is 1. The molecule has 0 aliphatic carbocycles. The Morgan fingerprint density at radius 1 is 1.64 bits per heavy atom. The van der Waals surface area contributed by atoms with Crippen molar-refractivity contribution in [1.82, 2.24) is 4.90 Å². The summed E-state index contributed by atoms with van der Waals surface area (Å²) in [6, 6.07) is 0.490. The summed E-state index contributed by atoms with van der Waals surface area (Å²) in [5.74, 6) is -0.0583. The van der Waals surface area contributed by atoms with Crippen molar-refractivity contribution in [3.05, 3.63) is 0 Å². The first-order valence-electron chi connectivity index (χ1n) is 5.23. The van der Waals surface area contributed by atoms with Crippen LogP contribution in [0.2, 0.25) is 0 Å². The Kier molecular flexibility index (Phi) is 3.89. The van der Waals surface area contributed by atoms with Crippen LogP contribution in [0.5, 0.6) is 0 Å². The van der Waals surface area contributed by atoms with Gasteiger partial charge in [0.2, 0.25) is 5.91 Å². The van der Waals surface area contributed by atoms with E-state index in [1.807, 2.05) is 0 Å². The average Bonchev–Trinajstić information content (AvgIpc) is 2.52. The van der Waals surface area contributed by atoms with E-state index in [1.54, 1.807) is 0 Å². The van der Waals surface area contributed by atoms with Crippen LogP contribution in [0, 0.1) is 5.92 Å². The number of primary amides is 1. The number of nitrogens with zero attached hydrogens (tertiary/aromatic N) is 1. The Hall–Kier alpha value is -0.610. The molecule has 1 unspecified atom stereocenters. The Morgan fingerprint density at radius 2 is 2.29 bits per heavy atom. The molecule has 1 aliphatic heterocycles. The largest absolute Gasteiger partial charge is 0.382 e. The Morgan fingerprint density at radius 3 is 2.79 bits per heavy atom. The molecule has 4 heteroatoms. The predicted octanol–water partition coefficient (Wildman–Crippen LogP) is -0.0470. The molecular weight excluding hydrogens is 180 g/mol. The summed E-state index contributed by atoms with van der Waals surface area (Å²) < 4.78 is 0. The zero-order chi connectivity index (χ0) is 10.7. The lowest BCUT2D eigenvalue weighted by Gasteiger charge is -2.28. The second kappa shape index (κ2) is 4.75. The number of β-amino-alcohol motifs (C(OH)–C–C–N with tert-alkyl or cyclic N) is 1. The number of rotatable bonds is 4. The van der Waals surface area contributed by atoms with Crippen LogP contribution in [-0.4, -0.2) is 41.1 Å². The van der Waals surface area contributed by atoms with Crippen molar-refractivity contribution in [2.45, 2.75) is 38.8 Å². The molecule has 4 nitrogen and oxygen atoms in total. The van der Waals surface area contributed by atoms with Gasteiger partial charge in [-0.05, 0) is 25.3 Å². The van der Waals surface area contributed by atoms with Gasteiger partial charge in [0, 0.05) is 12.6 Å². The topological polar surface area (TPSA) is 66.6 Å². The molecule has 1 amide bonds. The maximum atomic E-state index is 10.7. The molecule has 1 fully saturated rings. The van der Waals surface area contributed by atoms with E-state index in [0.717, 1.165) is 19.4 Å². The van der Waals surface area contributed by atoms with Gasteiger partial charge in [-0.1, -0.05) is 13.8 Å². The first-order chi connectivity index (χ1) is 6.52. The Balaban J connectivity index is 2.47. The number of carbonyl (C=O) groups is 1. The van der Waals surface area contributed by atoms with Crippen LogP contribution in [0.4, 0.5) is 0 Å². The summed E-state index contributed by atoms with van der Waals surface area (Å²) in [5.41, 5.74) is 5.02. The molecule has 14 heavy (non-hydrogen) atoms. The molecule has 1 saturated heterocycles. The van der Waals surface area contributed by atoms with Crippen molar-refractivity contribution in [2.24, 2.45) is 11.7 Å². The molecule has 1 aliphatic rings. The van der Waals surface area contributed by atoms with Crippen molar-refractivity contribution < 1.29 is 9.90 Å². The monoisotopic (exact) mass is 200 g/mol. The van der Waals surface area contributed by atoms with Gasteiger partial charge < -0.3 is 10.8 Å². The van der Waals surface area contributed by atoms with Crippen LogP contribution in [0.1, 0.15) is 26.7 Å². The maximum absolute atomic E-state index is 10.7. The summed E-state index contributed by atoms with van der Waals surface area (Å²) in [5, 5.41) is 9.37. The van der Waals surface area contributed by atoms with Crippen molar-refractivity contribution >= 4 is 5.91 Å². The van der Waals surface area contributed by atoms with Crippen LogP contribution >= 0.6 is 0 Å². The predicted molar refractivity (Wildman–Crippen MR) is 54.6 cm³/mol. The second-order valence-corrected chi connectivity index (χ2v) is 4.37. The minimum absolute atomic E-state index is 0.387. The van der Waals surface area contributed by atoms with Crippen molar-refractivity contribution in [1.29, 1.82) is 0 Å². The molecule has 1 heterocycles. The van der Waals surface area contributed by atoms with Crippen LogP contribution in [0.3, 0.4) is 0 Å². The van der Waals surface area contributed by atoms with E-state index in [0.29, 0.717) is 18.5 Å². The smallest absolute Gasteiger partial charge is 0.247 e. The van der Waals surface area contributed by atoms with Gasteiger partial charge in [0.15, 0.2) is 0 Å². The van der Waals surface area contributed by atoms with Crippen molar-refractivity contribution in [3.63, 3.8) is 0 Å². The fourth-order valence-corrected chi connectivity index (χ4v) is 2.15. The van der Waals surface area contributed by atoms with E-state index in [4.69, 9.17) is 5.73 Å². The normalized spacial score (nSPS) is 25.6. The van der Waals surface area contributed by atoms with E-state index in [2.05, 4.69) is 18.7 Å². The lowest BCUT2D eigenvalue weighted by molar-refractivity contribution is -0.127. The molecule has 82 valence electrons. The molecule has 0 spiro atoms. The van der Waals surface area contributed by atoms with Gasteiger partial charge in [-0.2, -0.15) is 0 Å². The first kappa shape index (κ1) is 11.5. The SMILES string of the molecule is CC(C)C1CCCN1C[C@@H](O)C(N)=O. The third-order valence-corrected chi connectivity index (χ3v) is 2.92. The van der Waals surface area contributed by atoms with Gasteiger partial charge in [-0.3, -0.25) is 9.69 Å². The lowest BCUT2D eigenvalue weighted by atomic mass is 10.0. The van der Waals surface area contributed by atoms with Crippen LogP contribution in [0.15, 0.2) is 0 Å². The highest BCUT2D eigenvalue weighted by Gasteiger charge is 2.29. The number of likely N-dealkylation sites (tertiary alicyclic amines) is 1. The summed E-state index contributed by atoms with van der Waals surface area (Å²) in [7, 11) is 0. The van der Waals surface area contributed by atoms with Crippen LogP contribution in [-0.2, 0) is 4.79 Å². The summed E-state index contributed by atoms with van der Waals surface area (Å²) in [6.45, 7) is 5.69. The molecule has 0 saturated carbocycles.